The van der Waals surface area contributed by atoms with Crippen LogP contribution in [-0.2, 0) is 28.7 Å². The Balaban J connectivity index is 1.91. The van der Waals surface area contributed by atoms with E-state index in [-0.39, 0.29) is 49.3 Å². The molecule has 3 amide bonds. The maximum absolute atomic E-state index is 15.1. The minimum atomic E-state index is -1.42. The van der Waals surface area contributed by atoms with E-state index in [1.165, 1.54) is 4.90 Å². The second-order valence-electron chi connectivity index (χ2n) is 14.8. The number of amides is 3. The first kappa shape index (κ1) is 34.6. The fourth-order valence-electron chi connectivity index (χ4n) is 7.73. The van der Waals surface area contributed by atoms with Gasteiger partial charge in [0.05, 0.1) is 25.1 Å². The average Bonchev–Trinajstić information content (AvgIpc) is 3.51. The third-order valence-electron chi connectivity index (χ3n) is 9.57. The average molecular weight is 681 g/mol. The van der Waals surface area contributed by atoms with Crippen LogP contribution in [0, 0.1) is 23.2 Å². The second-order valence-corrected chi connectivity index (χ2v) is 15.7. The Morgan fingerprint density at radius 1 is 1.14 bits per heavy atom. The van der Waals surface area contributed by atoms with Crippen molar-refractivity contribution < 1.29 is 33.8 Å². The first-order chi connectivity index (χ1) is 20.5. The zero-order valence-electron chi connectivity index (χ0n) is 27.4. The van der Waals surface area contributed by atoms with Crippen molar-refractivity contribution in [1.82, 2.24) is 15.1 Å². The minimum absolute atomic E-state index is 0.119. The lowest BCUT2D eigenvalue weighted by Crippen LogP contribution is -2.63. The summed E-state index contributed by atoms with van der Waals surface area (Å²) in [5.74, 6) is -3.60. The van der Waals surface area contributed by atoms with Gasteiger partial charge in [-0.1, -0.05) is 69.1 Å². The van der Waals surface area contributed by atoms with Crippen LogP contribution in [0.1, 0.15) is 81.1 Å². The molecular formula is C33H50BrN3O7. The van der Waals surface area contributed by atoms with E-state index in [1.54, 1.807) is 17.9 Å². The molecule has 4 heterocycles. The first-order valence-corrected chi connectivity index (χ1v) is 16.7. The number of allylic oxidation sites excluding steroid dienone is 1. The highest BCUT2D eigenvalue weighted by molar-refractivity contribution is 9.11. The maximum Gasteiger partial charge on any atom is 0.313 e. The molecular weight excluding hydrogens is 630 g/mol. The van der Waals surface area contributed by atoms with Gasteiger partial charge < -0.3 is 29.7 Å². The van der Waals surface area contributed by atoms with Gasteiger partial charge in [-0.15, -0.1) is 0 Å². The summed E-state index contributed by atoms with van der Waals surface area (Å²) in [4.78, 5) is 59.3. The lowest BCUT2D eigenvalue weighted by Gasteiger charge is -2.46. The number of ether oxygens (including phenoxy) is 2. The van der Waals surface area contributed by atoms with Crippen LogP contribution < -0.4 is 5.32 Å². The molecule has 4 rings (SSSR count). The zero-order chi connectivity index (χ0) is 32.8. The molecule has 11 heteroatoms. The van der Waals surface area contributed by atoms with Crippen LogP contribution in [0.25, 0.3) is 0 Å². The summed E-state index contributed by atoms with van der Waals surface area (Å²) in [6, 6.07) is -1.76. The Morgan fingerprint density at radius 2 is 1.82 bits per heavy atom. The van der Waals surface area contributed by atoms with Crippen molar-refractivity contribution in [1.29, 1.82) is 0 Å². The number of aliphatic hydroxyl groups is 1. The summed E-state index contributed by atoms with van der Waals surface area (Å²) in [5, 5.41) is 13.5. The Bertz CT molecular complexity index is 1210. The normalized spacial score (nSPS) is 34.0. The SMILES string of the molecule is CC[C@H](C)[C@H](CO)N1C(=O)[C@H]2[C@@H]3C(=O)O[C@H](C)CNC(=O)CC/C=C\CN(C(C)(C)CC(C)(C)C)C(=O)[C@H]1[C@@]21C=C(Br)[C@@H]3O1. The van der Waals surface area contributed by atoms with E-state index >= 15 is 4.79 Å². The number of esters is 1. The number of carbonyl (C=O) groups excluding carboxylic acids is 4. The molecule has 4 aliphatic rings. The number of fused-ring (bicyclic) bond motifs is 2. The maximum atomic E-state index is 15.1. The van der Waals surface area contributed by atoms with Crippen molar-refractivity contribution in [2.45, 2.75) is 117 Å². The number of nitrogens with zero attached hydrogens (tertiary/aromatic N) is 2. The molecule has 0 aromatic heterocycles. The summed E-state index contributed by atoms with van der Waals surface area (Å²) in [6.45, 7) is 16.1. The van der Waals surface area contributed by atoms with Gasteiger partial charge in [-0.3, -0.25) is 19.2 Å². The van der Waals surface area contributed by atoms with Crippen LogP contribution in [-0.4, -0.2) is 93.7 Å². The summed E-state index contributed by atoms with van der Waals surface area (Å²) in [5.41, 5.74) is -2.18. The van der Waals surface area contributed by atoms with E-state index in [9.17, 15) is 19.5 Å². The molecule has 4 aliphatic heterocycles. The molecule has 0 saturated carbocycles. The van der Waals surface area contributed by atoms with Crippen LogP contribution in [0.15, 0.2) is 22.7 Å². The fourth-order valence-corrected chi connectivity index (χ4v) is 8.47. The molecule has 2 saturated heterocycles. The monoisotopic (exact) mass is 679 g/mol. The number of carbonyl (C=O) groups is 4. The molecule has 8 atom stereocenters. The highest BCUT2D eigenvalue weighted by Gasteiger charge is 2.76. The quantitative estimate of drug-likeness (QED) is 0.324. The van der Waals surface area contributed by atoms with Crippen LogP contribution >= 0.6 is 15.9 Å². The highest BCUT2D eigenvalue weighted by Crippen LogP contribution is 2.59. The Labute approximate surface area is 270 Å². The molecule has 0 radical (unpaired) electrons. The molecule has 2 fully saturated rings. The molecule has 10 nitrogen and oxygen atoms in total. The van der Waals surface area contributed by atoms with Crippen LogP contribution in [0.4, 0.5) is 0 Å². The number of halogens is 1. The van der Waals surface area contributed by atoms with Crippen molar-refractivity contribution in [3.05, 3.63) is 22.7 Å². The first-order valence-electron chi connectivity index (χ1n) is 15.9. The van der Waals surface area contributed by atoms with E-state index in [4.69, 9.17) is 9.47 Å². The molecule has 1 spiro atoms. The molecule has 0 aromatic rings. The number of nitrogens with one attached hydrogen (secondary N) is 1. The van der Waals surface area contributed by atoms with E-state index in [0.717, 1.165) is 0 Å². The largest absolute Gasteiger partial charge is 0.460 e. The van der Waals surface area contributed by atoms with Gasteiger partial charge >= 0.3 is 5.97 Å². The minimum Gasteiger partial charge on any atom is -0.460 e. The van der Waals surface area contributed by atoms with Crippen LogP contribution in [0.5, 0.6) is 0 Å². The summed E-state index contributed by atoms with van der Waals surface area (Å²) in [7, 11) is 0. The highest BCUT2D eigenvalue weighted by atomic mass is 79.9. The van der Waals surface area contributed by atoms with Gasteiger partial charge in [0, 0.05) is 23.0 Å². The van der Waals surface area contributed by atoms with Crippen molar-refractivity contribution in [2.75, 3.05) is 19.7 Å². The molecule has 0 aromatic carbocycles. The van der Waals surface area contributed by atoms with Gasteiger partial charge in [-0.2, -0.15) is 0 Å². The second kappa shape index (κ2) is 12.9. The van der Waals surface area contributed by atoms with Crippen molar-refractivity contribution in [2.24, 2.45) is 23.2 Å². The number of hydrogen-bond acceptors (Lipinski definition) is 7. The number of aliphatic hydroxyl groups excluding tert-OH is 1. The van der Waals surface area contributed by atoms with E-state index in [1.807, 2.05) is 39.8 Å². The molecule has 44 heavy (non-hydrogen) atoms. The third-order valence-corrected chi connectivity index (χ3v) is 10.3. The van der Waals surface area contributed by atoms with Gasteiger partial charge in [0.2, 0.25) is 17.7 Å². The van der Waals surface area contributed by atoms with Crippen molar-refractivity contribution >= 4 is 39.6 Å². The lowest BCUT2D eigenvalue weighted by atomic mass is 9.74. The summed E-state index contributed by atoms with van der Waals surface area (Å²) >= 11 is 3.59. The van der Waals surface area contributed by atoms with Crippen LogP contribution in [0.3, 0.4) is 0 Å². The topological polar surface area (TPSA) is 125 Å². The molecule has 0 aliphatic carbocycles. The van der Waals surface area contributed by atoms with Crippen LogP contribution in [0.2, 0.25) is 0 Å². The molecule has 2 N–H and O–H groups in total. The number of rotatable bonds is 6. The molecule has 5 bridgehead atoms. The molecule has 0 unspecified atom stereocenters. The number of cyclic esters (lactones) is 1. The van der Waals surface area contributed by atoms with Crippen molar-refractivity contribution in [3.8, 4) is 0 Å². The standard InChI is InChI=1S/C33H50BrN3O7/c1-9-19(2)22(17-38)37-27-29(41)36(32(7,8)18-31(4,5)6)14-12-10-11-13-23(39)35-16-20(3)43-30(42)24-25(28(37)40)33(27)15-21(34)26(24)44-33/h10,12,15,19-20,22,24-27,38H,9,11,13-14,16-18H2,1-8H3,(H,35,39)/b12-10-/t19-,20+,22-,24-,25+,26-,27-,33+/m0/s1. The van der Waals surface area contributed by atoms with Gasteiger partial charge in [0.1, 0.15) is 29.8 Å². The number of hydrogen-bond donors (Lipinski definition) is 2. The molecule has 246 valence electrons. The van der Waals surface area contributed by atoms with E-state index in [2.05, 4.69) is 42.0 Å². The predicted molar refractivity (Wildman–Crippen MR) is 169 cm³/mol. The summed E-state index contributed by atoms with van der Waals surface area (Å²) in [6.07, 6.45) is 6.24. The number of likely N-dealkylation sites (tertiary alicyclic amines) is 1. The van der Waals surface area contributed by atoms with Gasteiger partial charge in [-0.05, 0) is 51.0 Å². The zero-order valence-corrected chi connectivity index (χ0v) is 29.0. The Morgan fingerprint density at radius 3 is 2.43 bits per heavy atom. The fraction of sp³-hybridized carbons (Fsp3) is 0.758. The van der Waals surface area contributed by atoms with Crippen molar-refractivity contribution in [3.63, 3.8) is 0 Å². The van der Waals surface area contributed by atoms with Gasteiger partial charge in [0.25, 0.3) is 0 Å². The lowest BCUT2D eigenvalue weighted by molar-refractivity contribution is -0.160. The smallest absolute Gasteiger partial charge is 0.313 e. The third kappa shape index (κ3) is 6.38. The Kier molecular flexibility index (Phi) is 10.1. The Hall–Kier alpha value is -2.24. The van der Waals surface area contributed by atoms with Gasteiger partial charge in [-0.25, -0.2) is 0 Å². The van der Waals surface area contributed by atoms with E-state index in [0.29, 0.717) is 23.7 Å². The van der Waals surface area contributed by atoms with Gasteiger partial charge in [0.15, 0.2) is 0 Å². The predicted octanol–water partition coefficient (Wildman–Crippen LogP) is 3.71. The van der Waals surface area contributed by atoms with E-state index < -0.39 is 59.1 Å². The summed E-state index contributed by atoms with van der Waals surface area (Å²) < 4.78 is 13.0.